The highest BCUT2D eigenvalue weighted by Gasteiger charge is 2.23. The van der Waals surface area contributed by atoms with Crippen molar-refractivity contribution >= 4 is 21.6 Å². The molecule has 0 amide bonds. The summed E-state index contributed by atoms with van der Waals surface area (Å²) in [5.74, 6) is 0.674. The minimum Gasteiger partial charge on any atom is -0.478 e. The van der Waals surface area contributed by atoms with Gasteiger partial charge in [-0.1, -0.05) is 28.1 Å². The van der Waals surface area contributed by atoms with E-state index in [9.17, 15) is 0 Å². The summed E-state index contributed by atoms with van der Waals surface area (Å²) in [6.07, 6.45) is 4.06. The number of benzene rings is 1. The van der Waals surface area contributed by atoms with E-state index in [0.29, 0.717) is 18.5 Å². The van der Waals surface area contributed by atoms with E-state index in [1.807, 2.05) is 25.3 Å². The molecule has 1 N–H and O–H groups in total. The molecule has 3 rings (SSSR count). The second-order valence-electron chi connectivity index (χ2n) is 4.86. The smallest absolute Gasteiger partial charge is 0.213 e. The van der Waals surface area contributed by atoms with Gasteiger partial charge in [-0.3, -0.25) is 0 Å². The molecule has 4 heteroatoms. The molecular formula is C16H17BrN2O. The Kier molecular flexibility index (Phi) is 3.92. The zero-order valence-electron chi connectivity index (χ0n) is 11.4. The topological polar surface area (TPSA) is 34.1 Å². The van der Waals surface area contributed by atoms with Gasteiger partial charge in [0.2, 0.25) is 5.88 Å². The molecule has 104 valence electrons. The SMILES string of the molecule is CCOc1ccc(NC2CCc3c(Br)cccc32)cn1. The van der Waals surface area contributed by atoms with E-state index < -0.39 is 0 Å². The highest BCUT2D eigenvalue weighted by Crippen LogP contribution is 2.37. The van der Waals surface area contributed by atoms with Crippen LogP contribution in [0.1, 0.15) is 30.5 Å². The van der Waals surface area contributed by atoms with E-state index >= 15 is 0 Å². The number of rotatable bonds is 4. The Bertz CT molecular complexity index is 598. The van der Waals surface area contributed by atoms with Crippen LogP contribution in [0, 0.1) is 0 Å². The van der Waals surface area contributed by atoms with Gasteiger partial charge in [0.1, 0.15) is 0 Å². The lowest BCUT2D eigenvalue weighted by Crippen LogP contribution is -2.07. The fraction of sp³-hybridized carbons (Fsp3) is 0.312. The lowest BCUT2D eigenvalue weighted by Gasteiger charge is -2.15. The van der Waals surface area contributed by atoms with E-state index in [1.54, 1.807) is 0 Å². The molecule has 1 aromatic heterocycles. The van der Waals surface area contributed by atoms with Crippen LogP contribution < -0.4 is 10.1 Å². The Morgan fingerprint density at radius 2 is 2.25 bits per heavy atom. The van der Waals surface area contributed by atoms with Crippen molar-refractivity contribution in [3.05, 3.63) is 52.1 Å². The highest BCUT2D eigenvalue weighted by atomic mass is 79.9. The van der Waals surface area contributed by atoms with Crippen molar-refractivity contribution in [2.45, 2.75) is 25.8 Å². The van der Waals surface area contributed by atoms with Gasteiger partial charge in [-0.05, 0) is 43.0 Å². The predicted octanol–water partition coefficient (Wildman–Crippen LogP) is 4.34. The molecule has 2 aromatic rings. The number of ether oxygens (including phenoxy) is 1. The Labute approximate surface area is 127 Å². The monoisotopic (exact) mass is 332 g/mol. The number of nitrogens with zero attached hydrogens (tertiary/aromatic N) is 1. The molecule has 3 nitrogen and oxygen atoms in total. The van der Waals surface area contributed by atoms with E-state index in [1.165, 1.54) is 15.6 Å². The first kappa shape index (κ1) is 13.4. The molecule has 1 aromatic carbocycles. The van der Waals surface area contributed by atoms with Crippen LogP contribution >= 0.6 is 15.9 Å². The van der Waals surface area contributed by atoms with Crippen LogP contribution in [0.25, 0.3) is 0 Å². The van der Waals surface area contributed by atoms with E-state index in [4.69, 9.17) is 4.74 Å². The van der Waals surface area contributed by atoms with Crippen LogP contribution in [0.3, 0.4) is 0 Å². The first-order valence-electron chi connectivity index (χ1n) is 6.90. The van der Waals surface area contributed by atoms with Gasteiger partial charge in [0.25, 0.3) is 0 Å². The fourth-order valence-electron chi connectivity index (χ4n) is 2.66. The molecule has 0 saturated carbocycles. The number of halogens is 1. The number of pyridine rings is 1. The molecule has 0 bridgehead atoms. The van der Waals surface area contributed by atoms with Gasteiger partial charge in [0.15, 0.2) is 0 Å². The number of aromatic nitrogens is 1. The second-order valence-corrected chi connectivity index (χ2v) is 5.72. The van der Waals surface area contributed by atoms with Crippen molar-refractivity contribution in [1.29, 1.82) is 0 Å². The van der Waals surface area contributed by atoms with Gasteiger partial charge in [-0.2, -0.15) is 0 Å². The molecule has 20 heavy (non-hydrogen) atoms. The summed E-state index contributed by atoms with van der Waals surface area (Å²) in [6, 6.07) is 10.7. The van der Waals surface area contributed by atoms with Crippen molar-refractivity contribution in [3.63, 3.8) is 0 Å². The largest absolute Gasteiger partial charge is 0.478 e. The van der Waals surface area contributed by atoms with Crippen molar-refractivity contribution in [3.8, 4) is 5.88 Å². The average Bonchev–Trinajstić information content (AvgIpc) is 2.86. The third-order valence-electron chi connectivity index (χ3n) is 3.58. The maximum Gasteiger partial charge on any atom is 0.213 e. The van der Waals surface area contributed by atoms with Crippen LogP contribution in [-0.4, -0.2) is 11.6 Å². The van der Waals surface area contributed by atoms with E-state index in [-0.39, 0.29) is 0 Å². The molecule has 0 aliphatic heterocycles. The van der Waals surface area contributed by atoms with Crippen molar-refractivity contribution < 1.29 is 4.74 Å². The van der Waals surface area contributed by atoms with Gasteiger partial charge in [0, 0.05) is 10.5 Å². The summed E-state index contributed by atoms with van der Waals surface area (Å²) in [5, 5.41) is 3.55. The first-order chi connectivity index (χ1) is 9.78. The zero-order chi connectivity index (χ0) is 13.9. The lowest BCUT2D eigenvalue weighted by atomic mass is 10.1. The normalized spacial score (nSPS) is 16.8. The minimum atomic E-state index is 0.363. The van der Waals surface area contributed by atoms with Crippen molar-refractivity contribution in [1.82, 2.24) is 4.98 Å². The quantitative estimate of drug-likeness (QED) is 0.904. The fourth-order valence-corrected chi connectivity index (χ4v) is 3.24. The second kappa shape index (κ2) is 5.83. The average molecular weight is 333 g/mol. The molecule has 0 radical (unpaired) electrons. The van der Waals surface area contributed by atoms with Crippen molar-refractivity contribution in [2.24, 2.45) is 0 Å². The third-order valence-corrected chi connectivity index (χ3v) is 4.33. The van der Waals surface area contributed by atoms with Gasteiger partial charge >= 0.3 is 0 Å². The molecule has 0 spiro atoms. The number of anilines is 1. The van der Waals surface area contributed by atoms with Crippen molar-refractivity contribution in [2.75, 3.05) is 11.9 Å². The lowest BCUT2D eigenvalue weighted by molar-refractivity contribution is 0.327. The third kappa shape index (κ3) is 2.66. The Balaban J connectivity index is 1.75. The Morgan fingerprint density at radius 1 is 1.35 bits per heavy atom. The number of nitrogens with one attached hydrogen (secondary N) is 1. The standard InChI is InChI=1S/C16H17BrN2O/c1-2-20-16-9-6-11(10-18-16)19-15-8-7-12-13(15)4-3-5-14(12)17/h3-6,9-10,15,19H,2,7-8H2,1H3. The van der Waals surface area contributed by atoms with Gasteiger partial charge in [-0.25, -0.2) is 4.98 Å². The van der Waals surface area contributed by atoms with Gasteiger partial charge in [0.05, 0.1) is 24.5 Å². The summed E-state index contributed by atoms with van der Waals surface area (Å²) in [7, 11) is 0. The highest BCUT2D eigenvalue weighted by molar-refractivity contribution is 9.10. The summed E-state index contributed by atoms with van der Waals surface area (Å²) in [5.41, 5.74) is 3.84. The molecule has 1 heterocycles. The molecule has 0 fully saturated rings. The van der Waals surface area contributed by atoms with Crippen LogP contribution in [0.15, 0.2) is 41.0 Å². The number of fused-ring (bicyclic) bond motifs is 1. The first-order valence-corrected chi connectivity index (χ1v) is 7.70. The molecule has 1 aliphatic carbocycles. The summed E-state index contributed by atoms with van der Waals surface area (Å²) >= 11 is 3.63. The summed E-state index contributed by atoms with van der Waals surface area (Å²) < 4.78 is 6.57. The Morgan fingerprint density at radius 3 is 3.00 bits per heavy atom. The maximum atomic E-state index is 5.36. The molecule has 1 unspecified atom stereocenters. The molecule has 1 aliphatic rings. The zero-order valence-corrected chi connectivity index (χ0v) is 13.0. The van der Waals surface area contributed by atoms with Crippen LogP contribution in [0.2, 0.25) is 0 Å². The Hall–Kier alpha value is -1.55. The maximum absolute atomic E-state index is 5.36. The van der Waals surface area contributed by atoms with Gasteiger partial charge in [-0.15, -0.1) is 0 Å². The van der Waals surface area contributed by atoms with E-state index in [0.717, 1.165) is 18.5 Å². The summed E-state index contributed by atoms with van der Waals surface area (Å²) in [6.45, 7) is 2.60. The van der Waals surface area contributed by atoms with E-state index in [2.05, 4.69) is 44.4 Å². The molecular weight excluding hydrogens is 316 g/mol. The predicted molar refractivity (Wildman–Crippen MR) is 84.2 cm³/mol. The summed E-state index contributed by atoms with van der Waals surface area (Å²) in [4.78, 5) is 4.29. The minimum absolute atomic E-state index is 0.363. The number of hydrogen-bond donors (Lipinski definition) is 1. The van der Waals surface area contributed by atoms with Crippen LogP contribution in [0.5, 0.6) is 5.88 Å². The van der Waals surface area contributed by atoms with Gasteiger partial charge < -0.3 is 10.1 Å². The van der Waals surface area contributed by atoms with Crippen LogP contribution in [0.4, 0.5) is 5.69 Å². The van der Waals surface area contributed by atoms with Crippen LogP contribution in [-0.2, 0) is 6.42 Å². The molecule has 1 atom stereocenters. The number of hydrogen-bond acceptors (Lipinski definition) is 3. The molecule has 0 saturated heterocycles.